The van der Waals surface area contributed by atoms with Crippen LogP contribution in [0.1, 0.15) is 33.3 Å². The summed E-state index contributed by atoms with van der Waals surface area (Å²) in [6, 6.07) is 6.26. The number of nitrogens with zero attached hydrogens (tertiary/aromatic N) is 2. The topological polar surface area (TPSA) is 105 Å². The van der Waals surface area contributed by atoms with E-state index < -0.39 is 24.2 Å². The molecule has 182 valence electrons. The molecule has 0 aliphatic rings. The van der Waals surface area contributed by atoms with Crippen molar-refractivity contribution in [1.82, 2.24) is 15.7 Å². The number of hydrogen-bond acceptors (Lipinski definition) is 8. The fraction of sp³-hybridized carbons (Fsp3) is 0.600. The number of rotatable bonds is 12. The SMILES string of the molecule is CC(O)OCNOCN(CCNC(=O)OC(C)(C)C)Cc1ccc(N=CC(F)(F)F)cc1. The Balaban J connectivity index is 2.62. The van der Waals surface area contributed by atoms with Crippen LogP contribution >= 0.6 is 0 Å². The number of benzene rings is 1. The molecule has 0 spiro atoms. The van der Waals surface area contributed by atoms with Gasteiger partial charge in [0.2, 0.25) is 0 Å². The molecule has 1 atom stereocenters. The predicted molar refractivity (Wildman–Crippen MR) is 112 cm³/mol. The van der Waals surface area contributed by atoms with Gasteiger partial charge in [-0.05, 0) is 45.4 Å². The molecule has 12 heteroatoms. The fourth-order valence-corrected chi connectivity index (χ4v) is 2.25. The molecule has 0 aromatic heterocycles. The molecule has 3 N–H and O–H groups in total. The highest BCUT2D eigenvalue weighted by atomic mass is 19.4. The third-order valence-electron chi connectivity index (χ3n) is 3.53. The molecular weight excluding hydrogens is 433 g/mol. The van der Waals surface area contributed by atoms with Crippen molar-refractivity contribution >= 4 is 18.0 Å². The van der Waals surface area contributed by atoms with Crippen LogP contribution in [-0.4, -0.2) is 66.9 Å². The summed E-state index contributed by atoms with van der Waals surface area (Å²) in [6.45, 7) is 7.86. The Morgan fingerprint density at radius 1 is 1.25 bits per heavy atom. The fourth-order valence-electron chi connectivity index (χ4n) is 2.25. The molecule has 0 fully saturated rings. The number of aliphatic hydroxyl groups is 1. The van der Waals surface area contributed by atoms with Crippen LogP contribution < -0.4 is 10.8 Å². The first-order valence-corrected chi connectivity index (χ1v) is 9.88. The van der Waals surface area contributed by atoms with E-state index in [1.165, 1.54) is 19.1 Å². The number of hydroxylamine groups is 1. The summed E-state index contributed by atoms with van der Waals surface area (Å²) < 4.78 is 46.8. The average Bonchev–Trinajstić information content (AvgIpc) is 2.64. The number of aliphatic hydroxyl groups excluding tert-OH is 1. The van der Waals surface area contributed by atoms with E-state index in [1.807, 2.05) is 4.90 Å². The Kier molecular flexibility index (Phi) is 11.6. The van der Waals surface area contributed by atoms with Gasteiger partial charge in [0.15, 0.2) is 6.29 Å². The maximum atomic E-state index is 12.2. The zero-order chi connectivity index (χ0) is 24.2. The van der Waals surface area contributed by atoms with Crippen LogP contribution in [0.4, 0.5) is 23.7 Å². The van der Waals surface area contributed by atoms with Gasteiger partial charge >= 0.3 is 12.3 Å². The third kappa shape index (κ3) is 14.7. The Morgan fingerprint density at radius 3 is 2.47 bits per heavy atom. The molecule has 0 aliphatic carbocycles. The lowest BCUT2D eigenvalue weighted by atomic mass is 10.2. The molecule has 0 saturated heterocycles. The number of halogens is 3. The van der Waals surface area contributed by atoms with Crippen molar-refractivity contribution in [3.8, 4) is 0 Å². The third-order valence-corrected chi connectivity index (χ3v) is 3.53. The Morgan fingerprint density at radius 2 is 1.91 bits per heavy atom. The van der Waals surface area contributed by atoms with E-state index in [4.69, 9.17) is 19.4 Å². The van der Waals surface area contributed by atoms with Gasteiger partial charge in [0.25, 0.3) is 0 Å². The van der Waals surface area contributed by atoms with E-state index in [-0.39, 0.29) is 31.9 Å². The Labute approximate surface area is 185 Å². The number of nitrogens with one attached hydrogen (secondary N) is 2. The molecule has 32 heavy (non-hydrogen) atoms. The highest BCUT2D eigenvalue weighted by Crippen LogP contribution is 2.17. The molecule has 1 amide bonds. The molecule has 0 saturated carbocycles. The number of alkyl carbamates (subject to hydrolysis) is 1. The zero-order valence-corrected chi connectivity index (χ0v) is 18.6. The summed E-state index contributed by atoms with van der Waals surface area (Å²) in [7, 11) is 0. The largest absolute Gasteiger partial charge is 0.444 e. The normalized spacial score (nSPS) is 13.5. The van der Waals surface area contributed by atoms with Crippen molar-refractivity contribution in [2.75, 3.05) is 26.6 Å². The zero-order valence-electron chi connectivity index (χ0n) is 18.6. The lowest BCUT2D eigenvalue weighted by molar-refractivity contribution is -0.141. The molecule has 1 aromatic rings. The molecule has 0 heterocycles. The Hall–Kier alpha value is -2.25. The monoisotopic (exact) mass is 464 g/mol. The van der Waals surface area contributed by atoms with Gasteiger partial charge in [-0.25, -0.2) is 4.79 Å². The van der Waals surface area contributed by atoms with Crippen LogP contribution in [-0.2, 0) is 20.9 Å². The van der Waals surface area contributed by atoms with Crippen molar-refractivity contribution in [3.05, 3.63) is 29.8 Å². The molecule has 0 radical (unpaired) electrons. The average molecular weight is 464 g/mol. The minimum absolute atomic E-state index is 0.0342. The molecule has 0 bridgehead atoms. The van der Waals surface area contributed by atoms with Gasteiger partial charge in [0, 0.05) is 19.6 Å². The molecular formula is C20H31F3N4O5. The molecule has 1 unspecified atom stereocenters. The number of ether oxygens (including phenoxy) is 2. The van der Waals surface area contributed by atoms with Gasteiger partial charge in [-0.15, -0.1) is 0 Å². The van der Waals surface area contributed by atoms with E-state index in [0.717, 1.165) is 5.56 Å². The van der Waals surface area contributed by atoms with Crippen molar-refractivity contribution in [3.63, 3.8) is 0 Å². The van der Waals surface area contributed by atoms with Crippen molar-refractivity contribution in [2.24, 2.45) is 4.99 Å². The van der Waals surface area contributed by atoms with Gasteiger partial charge in [-0.1, -0.05) is 12.1 Å². The van der Waals surface area contributed by atoms with E-state index in [1.54, 1.807) is 32.9 Å². The molecule has 1 rings (SSSR count). The summed E-state index contributed by atoms with van der Waals surface area (Å²) in [5.41, 5.74) is 2.91. The van der Waals surface area contributed by atoms with Crippen molar-refractivity contribution in [1.29, 1.82) is 0 Å². The van der Waals surface area contributed by atoms with Gasteiger partial charge in [0.05, 0.1) is 5.69 Å². The van der Waals surface area contributed by atoms with Gasteiger partial charge < -0.3 is 19.9 Å². The van der Waals surface area contributed by atoms with Crippen molar-refractivity contribution < 1.29 is 37.4 Å². The number of carbonyl (C=O) groups is 1. The number of hydrogen-bond donors (Lipinski definition) is 3. The second kappa shape index (κ2) is 13.3. The summed E-state index contributed by atoms with van der Waals surface area (Å²) in [5, 5.41) is 11.7. The molecule has 1 aromatic carbocycles. The highest BCUT2D eigenvalue weighted by molar-refractivity contribution is 5.68. The number of carbonyl (C=O) groups excluding carboxylic acids is 1. The molecule has 9 nitrogen and oxygen atoms in total. The second-order valence-electron chi connectivity index (χ2n) is 7.78. The van der Waals surface area contributed by atoms with Crippen LogP contribution in [0.25, 0.3) is 0 Å². The Bertz CT molecular complexity index is 707. The van der Waals surface area contributed by atoms with Gasteiger partial charge in [0.1, 0.15) is 25.3 Å². The van der Waals surface area contributed by atoms with Crippen LogP contribution in [0, 0.1) is 0 Å². The lowest BCUT2D eigenvalue weighted by Crippen LogP contribution is -2.39. The maximum absolute atomic E-state index is 12.2. The summed E-state index contributed by atoms with van der Waals surface area (Å²) in [5.74, 6) is 0. The first-order chi connectivity index (χ1) is 14.8. The van der Waals surface area contributed by atoms with E-state index >= 15 is 0 Å². The van der Waals surface area contributed by atoms with E-state index in [0.29, 0.717) is 13.1 Å². The minimum atomic E-state index is -4.47. The molecule has 0 aliphatic heterocycles. The van der Waals surface area contributed by atoms with Crippen LogP contribution in [0.3, 0.4) is 0 Å². The van der Waals surface area contributed by atoms with Crippen molar-refractivity contribution in [2.45, 2.75) is 52.3 Å². The van der Waals surface area contributed by atoms with Gasteiger partial charge in [-0.3, -0.25) is 14.7 Å². The summed E-state index contributed by atoms with van der Waals surface area (Å²) in [4.78, 5) is 22.3. The number of aliphatic imine (C=N–C) groups is 1. The number of alkyl halides is 3. The summed E-state index contributed by atoms with van der Waals surface area (Å²) in [6.07, 6.45) is -6.03. The smallest absolute Gasteiger partial charge is 0.426 e. The van der Waals surface area contributed by atoms with E-state index in [9.17, 15) is 18.0 Å². The second-order valence-corrected chi connectivity index (χ2v) is 7.78. The first-order valence-electron chi connectivity index (χ1n) is 9.88. The van der Waals surface area contributed by atoms with Crippen LogP contribution in [0.5, 0.6) is 0 Å². The summed E-state index contributed by atoms with van der Waals surface area (Å²) >= 11 is 0. The maximum Gasteiger partial charge on any atom is 0.426 e. The van der Waals surface area contributed by atoms with Crippen LogP contribution in [0.2, 0.25) is 0 Å². The highest BCUT2D eigenvalue weighted by Gasteiger charge is 2.23. The quantitative estimate of drug-likeness (QED) is 0.189. The first kappa shape index (κ1) is 27.8. The standard InChI is InChI=1S/C20H31F3N4O5/c1-15(28)30-13-26-31-14-27(10-9-24-18(29)32-19(2,3)4)11-16-5-7-17(8-6-16)25-12-20(21,22)23/h5-8,12,15,26,28H,9-11,13-14H2,1-4H3,(H,24,29). The van der Waals surface area contributed by atoms with E-state index in [2.05, 4.69) is 15.8 Å². The minimum Gasteiger partial charge on any atom is -0.444 e. The number of amides is 1. The lowest BCUT2D eigenvalue weighted by Gasteiger charge is -2.24. The van der Waals surface area contributed by atoms with Gasteiger partial charge in [-0.2, -0.15) is 18.7 Å². The van der Waals surface area contributed by atoms with Crippen LogP contribution in [0.15, 0.2) is 29.3 Å². The predicted octanol–water partition coefficient (Wildman–Crippen LogP) is 3.07.